The molecule has 24 heavy (non-hydrogen) atoms. The van der Waals surface area contributed by atoms with Crippen LogP contribution in [0.25, 0.3) is 0 Å². The van der Waals surface area contributed by atoms with Gasteiger partial charge in [0.15, 0.2) is 0 Å². The fourth-order valence-electron chi connectivity index (χ4n) is 2.88. The van der Waals surface area contributed by atoms with Gasteiger partial charge in [-0.2, -0.15) is 0 Å². The first-order valence-corrected chi connectivity index (χ1v) is 9.94. The second-order valence-electron chi connectivity index (χ2n) is 7.68. The first-order valence-electron chi connectivity index (χ1n) is 8.45. The lowest BCUT2D eigenvalue weighted by Gasteiger charge is -2.28. The van der Waals surface area contributed by atoms with Gasteiger partial charge < -0.3 is 4.90 Å². The first kappa shape index (κ1) is 18.9. The molecule has 0 spiro atoms. The average Bonchev–Trinajstić information content (AvgIpc) is 2.49. The van der Waals surface area contributed by atoms with Crippen molar-refractivity contribution in [3.63, 3.8) is 0 Å². The van der Waals surface area contributed by atoms with Crippen molar-refractivity contribution in [2.24, 2.45) is 5.41 Å². The number of fused-ring (bicyclic) bond motifs is 1. The normalized spacial score (nSPS) is 15.2. The van der Waals surface area contributed by atoms with E-state index in [9.17, 15) is 13.2 Å². The van der Waals surface area contributed by atoms with Crippen LogP contribution in [0.15, 0.2) is 23.1 Å². The third-order valence-electron chi connectivity index (χ3n) is 4.34. The minimum Gasteiger partial charge on any atom is -0.338 e. The van der Waals surface area contributed by atoms with Gasteiger partial charge in [0.05, 0.1) is 4.90 Å². The lowest BCUT2D eigenvalue weighted by molar-refractivity contribution is -0.129. The fourth-order valence-corrected chi connectivity index (χ4v) is 4.00. The Bertz CT molecular complexity index is 705. The van der Waals surface area contributed by atoms with Gasteiger partial charge in [-0.3, -0.25) is 4.79 Å². The molecule has 1 amide bonds. The van der Waals surface area contributed by atoms with Crippen LogP contribution in [0.2, 0.25) is 0 Å². The Labute approximate surface area is 145 Å². The van der Waals surface area contributed by atoms with Crippen LogP contribution < -0.4 is 4.72 Å². The summed E-state index contributed by atoms with van der Waals surface area (Å²) >= 11 is 0. The van der Waals surface area contributed by atoms with Crippen LogP contribution in [-0.4, -0.2) is 32.3 Å². The van der Waals surface area contributed by atoms with E-state index in [2.05, 4.69) is 25.5 Å². The Morgan fingerprint density at radius 2 is 1.96 bits per heavy atom. The Balaban J connectivity index is 2.06. The molecule has 134 valence electrons. The van der Waals surface area contributed by atoms with Crippen LogP contribution in [0, 0.1) is 5.41 Å². The third kappa shape index (κ3) is 5.05. The monoisotopic (exact) mass is 352 g/mol. The van der Waals surface area contributed by atoms with Crippen molar-refractivity contribution in [3.8, 4) is 0 Å². The minimum atomic E-state index is -3.50. The molecule has 2 rings (SSSR count). The number of sulfonamides is 1. The van der Waals surface area contributed by atoms with Crippen molar-refractivity contribution in [2.75, 3.05) is 13.1 Å². The highest BCUT2D eigenvalue weighted by atomic mass is 32.2. The highest BCUT2D eigenvalue weighted by Gasteiger charge is 2.21. The molecule has 0 aromatic heterocycles. The van der Waals surface area contributed by atoms with Crippen molar-refractivity contribution in [3.05, 3.63) is 29.3 Å². The van der Waals surface area contributed by atoms with Gasteiger partial charge in [0.2, 0.25) is 15.9 Å². The maximum Gasteiger partial charge on any atom is 0.240 e. The number of benzene rings is 1. The van der Waals surface area contributed by atoms with Crippen LogP contribution in [-0.2, 0) is 27.8 Å². The van der Waals surface area contributed by atoms with E-state index in [4.69, 9.17) is 0 Å². The molecule has 0 saturated carbocycles. The standard InChI is InChI=1S/C18H28N2O3S/c1-14(21)20-11-8-15-6-7-17(12-16(15)13-20)24(22,23)19-10-5-9-18(2,3)4/h6-7,12,19H,5,8-11,13H2,1-4H3. The summed E-state index contributed by atoms with van der Waals surface area (Å²) in [5.74, 6) is 0.0224. The molecule has 1 heterocycles. The molecular formula is C18H28N2O3S. The lowest BCUT2D eigenvalue weighted by Crippen LogP contribution is -2.34. The summed E-state index contributed by atoms with van der Waals surface area (Å²) < 4.78 is 27.6. The Kier molecular flexibility index (Phi) is 5.71. The minimum absolute atomic E-state index is 0.0224. The molecule has 1 aliphatic rings. The topological polar surface area (TPSA) is 66.5 Å². The van der Waals surface area contributed by atoms with Crippen molar-refractivity contribution in [1.29, 1.82) is 0 Å². The molecule has 1 aromatic carbocycles. The molecule has 0 unspecified atom stereocenters. The number of nitrogens with zero attached hydrogens (tertiary/aromatic N) is 1. The highest BCUT2D eigenvalue weighted by Crippen LogP contribution is 2.23. The number of carbonyl (C=O) groups excluding carboxylic acids is 1. The van der Waals surface area contributed by atoms with Crippen LogP contribution in [0.5, 0.6) is 0 Å². The summed E-state index contributed by atoms with van der Waals surface area (Å²) in [5, 5.41) is 0. The van der Waals surface area contributed by atoms with E-state index < -0.39 is 10.0 Å². The Hall–Kier alpha value is -1.40. The molecule has 0 fully saturated rings. The molecule has 0 atom stereocenters. The summed E-state index contributed by atoms with van der Waals surface area (Å²) in [5.41, 5.74) is 2.25. The number of hydrogen-bond donors (Lipinski definition) is 1. The second-order valence-corrected chi connectivity index (χ2v) is 9.45. The predicted octanol–water partition coefficient (Wildman–Crippen LogP) is 2.70. The SMILES string of the molecule is CC(=O)N1CCc2ccc(S(=O)(=O)NCCCC(C)(C)C)cc2C1. The van der Waals surface area contributed by atoms with Gasteiger partial charge in [0, 0.05) is 26.6 Å². The van der Waals surface area contributed by atoms with Crippen LogP contribution >= 0.6 is 0 Å². The van der Waals surface area contributed by atoms with E-state index in [1.165, 1.54) is 0 Å². The molecule has 6 heteroatoms. The molecule has 5 nitrogen and oxygen atoms in total. The van der Waals surface area contributed by atoms with Crippen molar-refractivity contribution < 1.29 is 13.2 Å². The zero-order valence-corrected chi connectivity index (χ0v) is 15.9. The summed E-state index contributed by atoms with van der Waals surface area (Å²) in [7, 11) is -3.50. The first-order chi connectivity index (χ1) is 11.1. The van der Waals surface area contributed by atoms with E-state index in [0.29, 0.717) is 19.6 Å². The molecule has 0 bridgehead atoms. The van der Waals surface area contributed by atoms with E-state index >= 15 is 0 Å². The molecule has 0 aliphatic carbocycles. The predicted molar refractivity (Wildman–Crippen MR) is 95.1 cm³/mol. The second kappa shape index (κ2) is 7.23. The van der Waals surface area contributed by atoms with E-state index in [1.807, 2.05) is 6.07 Å². The smallest absolute Gasteiger partial charge is 0.240 e. The maximum atomic E-state index is 12.5. The van der Waals surface area contributed by atoms with Crippen molar-refractivity contribution in [1.82, 2.24) is 9.62 Å². The van der Waals surface area contributed by atoms with Gasteiger partial charge in [-0.25, -0.2) is 13.1 Å². The van der Waals surface area contributed by atoms with Gasteiger partial charge in [-0.05, 0) is 47.9 Å². The summed E-state index contributed by atoms with van der Waals surface area (Å²) in [6, 6.07) is 5.24. The number of amides is 1. The largest absolute Gasteiger partial charge is 0.338 e. The van der Waals surface area contributed by atoms with Gasteiger partial charge in [-0.1, -0.05) is 26.8 Å². The highest BCUT2D eigenvalue weighted by molar-refractivity contribution is 7.89. The van der Waals surface area contributed by atoms with Crippen LogP contribution in [0.1, 0.15) is 51.7 Å². The number of rotatable bonds is 5. The van der Waals surface area contributed by atoms with Gasteiger partial charge in [0.1, 0.15) is 0 Å². The van der Waals surface area contributed by atoms with E-state index in [0.717, 1.165) is 30.4 Å². The van der Waals surface area contributed by atoms with Gasteiger partial charge in [-0.15, -0.1) is 0 Å². The summed E-state index contributed by atoms with van der Waals surface area (Å²) in [6.45, 7) is 9.60. The molecule has 1 aromatic rings. The third-order valence-corrected chi connectivity index (χ3v) is 5.80. The summed E-state index contributed by atoms with van der Waals surface area (Å²) in [4.78, 5) is 13.6. The van der Waals surface area contributed by atoms with Gasteiger partial charge in [0.25, 0.3) is 0 Å². The number of nitrogens with one attached hydrogen (secondary N) is 1. The van der Waals surface area contributed by atoms with Gasteiger partial charge >= 0.3 is 0 Å². The molecule has 0 saturated heterocycles. The average molecular weight is 353 g/mol. The number of hydrogen-bond acceptors (Lipinski definition) is 3. The zero-order chi connectivity index (χ0) is 18.0. The van der Waals surface area contributed by atoms with Crippen molar-refractivity contribution >= 4 is 15.9 Å². The molecular weight excluding hydrogens is 324 g/mol. The molecule has 1 N–H and O–H groups in total. The van der Waals surface area contributed by atoms with E-state index in [-0.39, 0.29) is 16.2 Å². The molecule has 1 aliphatic heterocycles. The fraction of sp³-hybridized carbons (Fsp3) is 0.611. The number of carbonyl (C=O) groups is 1. The maximum absolute atomic E-state index is 12.5. The zero-order valence-electron chi connectivity index (χ0n) is 15.1. The van der Waals surface area contributed by atoms with Crippen LogP contribution in [0.4, 0.5) is 0 Å². The van der Waals surface area contributed by atoms with Crippen molar-refractivity contribution in [2.45, 2.75) is 58.4 Å². The molecule has 0 radical (unpaired) electrons. The lowest BCUT2D eigenvalue weighted by atomic mass is 9.91. The Morgan fingerprint density at radius 3 is 2.58 bits per heavy atom. The van der Waals surface area contributed by atoms with Crippen LogP contribution in [0.3, 0.4) is 0 Å². The summed E-state index contributed by atoms with van der Waals surface area (Å²) in [6.07, 6.45) is 2.55. The van der Waals surface area contributed by atoms with E-state index in [1.54, 1.807) is 24.0 Å². The Morgan fingerprint density at radius 1 is 1.25 bits per heavy atom. The quantitative estimate of drug-likeness (QED) is 0.829.